The van der Waals surface area contributed by atoms with Crippen LogP contribution in [0.25, 0.3) is 0 Å². The first-order valence-electron chi connectivity index (χ1n) is 11.7. The normalized spacial score (nSPS) is 15.8. The van der Waals surface area contributed by atoms with Crippen molar-refractivity contribution in [1.82, 2.24) is 0 Å². The van der Waals surface area contributed by atoms with Crippen LogP contribution in [0.3, 0.4) is 0 Å². The van der Waals surface area contributed by atoms with E-state index in [0.717, 1.165) is 19.3 Å². The minimum atomic E-state index is -3.56. The van der Waals surface area contributed by atoms with Crippen LogP contribution in [-0.4, -0.2) is 42.9 Å². The Balaban J connectivity index is 3.66. The first-order valence-corrected chi connectivity index (χ1v) is 13.3. The van der Waals surface area contributed by atoms with Crippen molar-refractivity contribution in [2.24, 2.45) is 0 Å². The summed E-state index contributed by atoms with van der Waals surface area (Å²) in [5.74, 6) is -0.334. The molecule has 2 unspecified atom stereocenters. The van der Waals surface area contributed by atoms with Crippen LogP contribution >= 0.6 is 7.60 Å². The van der Waals surface area contributed by atoms with E-state index in [2.05, 4.69) is 19.1 Å². The summed E-state index contributed by atoms with van der Waals surface area (Å²) in [6, 6.07) is 0. The van der Waals surface area contributed by atoms with Crippen LogP contribution in [0.15, 0.2) is 12.2 Å². The highest BCUT2D eigenvalue weighted by molar-refractivity contribution is 7.53. The van der Waals surface area contributed by atoms with Crippen molar-refractivity contribution in [2.45, 2.75) is 110 Å². The quantitative estimate of drug-likeness (QED) is 0.104. The van der Waals surface area contributed by atoms with Crippen molar-refractivity contribution in [2.75, 3.05) is 27.7 Å². The molecule has 0 aliphatic rings. The van der Waals surface area contributed by atoms with Gasteiger partial charge in [-0.05, 0) is 32.1 Å². The van der Waals surface area contributed by atoms with Gasteiger partial charge in [0.2, 0.25) is 0 Å². The molecule has 2 atom stereocenters. The van der Waals surface area contributed by atoms with Crippen LogP contribution in [-0.2, 0) is 9.09 Å². The Hall–Kier alpha value is -0.150. The minimum absolute atomic E-state index is 0.334. The van der Waals surface area contributed by atoms with Gasteiger partial charge in [-0.15, -0.1) is 0 Å². The summed E-state index contributed by atoms with van der Waals surface area (Å²) < 4.78 is 18.5. The predicted molar refractivity (Wildman–Crippen MR) is 123 cm³/mol. The molecule has 0 aromatic rings. The van der Waals surface area contributed by atoms with Gasteiger partial charge in [0.25, 0.3) is 0 Å². The van der Waals surface area contributed by atoms with E-state index >= 15 is 0 Å². The summed E-state index contributed by atoms with van der Waals surface area (Å²) in [5, 5.41) is 0. The molecule has 0 rings (SSSR count). The summed E-state index contributed by atoms with van der Waals surface area (Å²) in [6.07, 6.45) is 21.1. The fraction of sp³-hybridized carbons (Fsp3) is 0.913. The molecular weight excluding hydrogens is 369 g/mol. The molecular formula is C23H49NO3P+. The van der Waals surface area contributed by atoms with Gasteiger partial charge >= 0.3 is 7.60 Å². The molecule has 0 radical (unpaired) electrons. The maximum absolute atomic E-state index is 12.6. The van der Waals surface area contributed by atoms with Crippen LogP contribution in [0, 0.1) is 0 Å². The zero-order valence-corrected chi connectivity index (χ0v) is 20.4. The summed E-state index contributed by atoms with van der Waals surface area (Å²) in [6.45, 7) is 4.69. The van der Waals surface area contributed by atoms with Crippen molar-refractivity contribution in [3.05, 3.63) is 12.2 Å². The summed E-state index contributed by atoms with van der Waals surface area (Å²) in [7, 11) is 2.34. The highest BCUT2D eigenvalue weighted by Gasteiger charge is 2.41. The molecule has 0 spiro atoms. The number of nitrogens with zero attached hydrogens (tertiary/aromatic N) is 1. The Labute approximate surface area is 175 Å². The lowest BCUT2D eigenvalue weighted by atomic mass is 10.1. The van der Waals surface area contributed by atoms with Gasteiger partial charge in [0, 0.05) is 6.42 Å². The third-order valence-electron chi connectivity index (χ3n) is 5.25. The average Bonchev–Trinajstić information content (AvgIpc) is 2.61. The standard InChI is InChI=1S/C23H48NO3P/c1-6-8-9-10-11-12-13-14-15-16-17-18-19-20-22-27-28(25,26)23(21-7-2)24(3,4)5/h10-11,23H,6-9,12-22H2,1-5H3/p+1/b11-10-. The zero-order chi connectivity index (χ0) is 21.3. The maximum atomic E-state index is 12.6. The van der Waals surface area contributed by atoms with Crippen molar-refractivity contribution < 1.29 is 18.5 Å². The first kappa shape index (κ1) is 27.8. The van der Waals surface area contributed by atoms with Crippen molar-refractivity contribution >= 4 is 7.60 Å². The monoisotopic (exact) mass is 418 g/mol. The fourth-order valence-electron chi connectivity index (χ4n) is 3.51. The Morgan fingerprint density at radius 1 is 0.821 bits per heavy atom. The topological polar surface area (TPSA) is 46.5 Å². The predicted octanol–water partition coefficient (Wildman–Crippen LogP) is 7.28. The second-order valence-corrected chi connectivity index (χ2v) is 11.0. The van der Waals surface area contributed by atoms with E-state index < -0.39 is 7.60 Å². The van der Waals surface area contributed by atoms with E-state index in [4.69, 9.17) is 4.52 Å². The molecule has 0 aliphatic heterocycles. The molecule has 0 bridgehead atoms. The third-order valence-corrected chi connectivity index (χ3v) is 7.51. The summed E-state index contributed by atoms with van der Waals surface area (Å²) in [4.78, 5) is 10.4. The number of unbranched alkanes of at least 4 members (excludes halogenated alkanes) is 10. The molecule has 168 valence electrons. The Morgan fingerprint density at radius 3 is 1.82 bits per heavy atom. The molecule has 0 aromatic heterocycles. The Bertz CT molecular complexity index is 432. The molecule has 4 nitrogen and oxygen atoms in total. The molecule has 0 aromatic carbocycles. The van der Waals surface area contributed by atoms with Gasteiger partial charge in [0.15, 0.2) is 5.78 Å². The van der Waals surface area contributed by atoms with E-state index in [1.165, 1.54) is 64.2 Å². The average molecular weight is 419 g/mol. The molecule has 0 fully saturated rings. The van der Waals surface area contributed by atoms with Crippen LogP contribution < -0.4 is 0 Å². The lowest BCUT2D eigenvalue weighted by Gasteiger charge is -2.35. The smallest absolute Gasteiger partial charge is 0.320 e. The second kappa shape index (κ2) is 16.6. The van der Waals surface area contributed by atoms with Crippen molar-refractivity contribution in [3.63, 3.8) is 0 Å². The van der Waals surface area contributed by atoms with E-state index in [0.29, 0.717) is 17.5 Å². The van der Waals surface area contributed by atoms with Crippen molar-refractivity contribution in [3.8, 4) is 0 Å². The van der Waals surface area contributed by atoms with E-state index in [-0.39, 0.29) is 5.78 Å². The largest absolute Gasteiger partial charge is 0.385 e. The number of allylic oxidation sites excluding steroid dienone is 2. The van der Waals surface area contributed by atoms with Gasteiger partial charge in [0.05, 0.1) is 27.7 Å². The molecule has 0 heterocycles. The highest BCUT2D eigenvalue weighted by Crippen LogP contribution is 2.51. The van der Waals surface area contributed by atoms with Crippen LogP contribution in [0.1, 0.15) is 104 Å². The van der Waals surface area contributed by atoms with E-state index in [9.17, 15) is 9.46 Å². The number of quaternary nitrogens is 1. The molecule has 1 N–H and O–H groups in total. The molecule has 5 heteroatoms. The molecule has 0 saturated heterocycles. The molecule has 0 aliphatic carbocycles. The SMILES string of the molecule is CCCC/C=C\CCCCCCCCCCOP(=O)(O)C(CCC)[N+](C)(C)C. The second-order valence-electron chi connectivity index (χ2n) is 9.01. The highest BCUT2D eigenvalue weighted by atomic mass is 31.2. The third kappa shape index (κ3) is 14.8. The Morgan fingerprint density at radius 2 is 1.32 bits per heavy atom. The molecule has 28 heavy (non-hydrogen) atoms. The first-order chi connectivity index (χ1) is 13.3. The van der Waals surface area contributed by atoms with Crippen molar-refractivity contribution in [1.29, 1.82) is 0 Å². The minimum Gasteiger partial charge on any atom is -0.320 e. The Kier molecular flexibility index (Phi) is 16.5. The molecule has 0 amide bonds. The fourth-order valence-corrected chi connectivity index (χ4v) is 5.53. The van der Waals surface area contributed by atoms with Gasteiger partial charge in [0.1, 0.15) is 0 Å². The summed E-state index contributed by atoms with van der Waals surface area (Å²) in [5.41, 5.74) is 0. The van der Waals surface area contributed by atoms with Gasteiger partial charge in [-0.3, -0.25) is 4.57 Å². The molecule has 0 saturated carbocycles. The number of hydrogen-bond acceptors (Lipinski definition) is 2. The number of rotatable bonds is 19. The van der Waals surface area contributed by atoms with Gasteiger partial charge < -0.3 is 13.9 Å². The zero-order valence-electron chi connectivity index (χ0n) is 19.5. The van der Waals surface area contributed by atoms with Crippen LogP contribution in [0.4, 0.5) is 0 Å². The van der Waals surface area contributed by atoms with Gasteiger partial charge in [-0.2, -0.15) is 0 Å². The lowest BCUT2D eigenvalue weighted by Crippen LogP contribution is -2.45. The lowest BCUT2D eigenvalue weighted by molar-refractivity contribution is -0.883. The van der Waals surface area contributed by atoms with E-state index in [1.54, 1.807) is 0 Å². The van der Waals surface area contributed by atoms with E-state index in [1.807, 2.05) is 28.1 Å². The van der Waals surface area contributed by atoms with Crippen LogP contribution in [0.5, 0.6) is 0 Å². The maximum Gasteiger partial charge on any atom is 0.385 e. The summed E-state index contributed by atoms with van der Waals surface area (Å²) >= 11 is 0. The van der Waals surface area contributed by atoms with Crippen LogP contribution in [0.2, 0.25) is 0 Å². The van der Waals surface area contributed by atoms with Gasteiger partial charge in [-0.1, -0.05) is 77.4 Å². The number of hydrogen-bond donors (Lipinski definition) is 1. The van der Waals surface area contributed by atoms with Gasteiger partial charge in [-0.25, -0.2) is 0 Å².